The van der Waals surface area contributed by atoms with E-state index in [1.165, 1.54) is 52.1 Å². The Kier molecular flexibility index (Phi) is 4.38. The molecule has 5 heterocycles. The molecule has 6 nitrogen and oxygen atoms in total. The first kappa shape index (κ1) is 17.8. The number of ether oxygens (including phenoxy) is 2. The maximum absolute atomic E-state index is 6.13. The first-order valence-corrected chi connectivity index (χ1v) is 10.5. The third-order valence-electron chi connectivity index (χ3n) is 8.17. The molecule has 2 spiro atoms. The molecule has 4 atom stereocenters. The standard InChI is InChI=1S/C20H36N4O2/c1-21-6-7-23(3)17(10-21)16-8-20(14-25-15-20)24(9-16)11-18-19(13-26-18)4-5-22(2)12-19/h16-18H,4-15H2,1-3H3. The van der Waals surface area contributed by atoms with Gasteiger partial charge in [-0.05, 0) is 46.4 Å². The van der Waals surface area contributed by atoms with Crippen LogP contribution in [-0.4, -0.2) is 124 Å². The first-order valence-electron chi connectivity index (χ1n) is 10.5. The Hall–Kier alpha value is -0.240. The number of rotatable bonds is 3. The van der Waals surface area contributed by atoms with Crippen LogP contribution < -0.4 is 0 Å². The molecule has 0 amide bonds. The Morgan fingerprint density at radius 3 is 2.42 bits per heavy atom. The van der Waals surface area contributed by atoms with Gasteiger partial charge in [0.1, 0.15) is 0 Å². The largest absolute Gasteiger partial charge is 0.377 e. The van der Waals surface area contributed by atoms with Crippen LogP contribution in [0, 0.1) is 11.3 Å². The summed E-state index contributed by atoms with van der Waals surface area (Å²) in [5.41, 5.74) is 0.729. The van der Waals surface area contributed by atoms with Crippen molar-refractivity contribution in [2.24, 2.45) is 11.3 Å². The molecule has 26 heavy (non-hydrogen) atoms. The number of likely N-dealkylation sites (N-methyl/N-ethyl adjacent to an activating group) is 2. The molecule has 5 saturated heterocycles. The summed E-state index contributed by atoms with van der Waals surface area (Å²) >= 11 is 0. The molecular formula is C20H36N4O2. The van der Waals surface area contributed by atoms with Crippen molar-refractivity contribution in [3.8, 4) is 0 Å². The van der Waals surface area contributed by atoms with Gasteiger partial charge >= 0.3 is 0 Å². The van der Waals surface area contributed by atoms with Crippen LogP contribution in [0.1, 0.15) is 12.8 Å². The molecule has 5 fully saturated rings. The average molecular weight is 365 g/mol. The fourth-order valence-electron chi connectivity index (χ4n) is 6.25. The third-order valence-corrected chi connectivity index (χ3v) is 8.17. The molecule has 4 unspecified atom stereocenters. The smallest absolute Gasteiger partial charge is 0.0793 e. The fourth-order valence-corrected chi connectivity index (χ4v) is 6.25. The van der Waals surface area contributed by atoms with Crippen molar-refractivity contribution in [2.45, 2.75) is 30.5 Å². The van der Waals surface area contributed by atoms with Gasteiger partial charge in [-0.3, -0.25) is 4.90 Å². The molecule has 6 heteroatoms. The highest BCUT2D eigenvalue weighted by Crippen LogP contribution is 2.47. The summed E-state index contributed by atoms with van der Waals surface area (Å²) < 4.78 is 11.9. The van der Waals surface area contributed by atoms with Crippen LogP contribution in [0.4, 0.5) is 0 Å². The van der Waals surface area contributed by atoms with Crippen LogP contribution in [-0.2, 0) is 9.47 Å². The summed E-state index contributed by atoms with van der Waals surface area (Å²) in [5.74, 6) is 0.758. The SMILES string of the molecule is CN1CCN(C)C(C2CN(CC3OCC34CCN(C)C4)C3(COC3)C2)C1. The molecule has 0 aromatic rings. The highest BCUT2D eigenvalue weighted by molar-refractivity contribution is 5.10. The monoisotopic (exact) mass is 364 g/mol. The van der Waals surface area contributed by atoms with E-state index in [9.17, 15) is 0 Å². The summed E-state index contributed by atoms with van der Waals surface area (Å²) in [7, 11) is 6.85. The number of nitrogens with zero attached hydrogens (tertiary/aromatic N) is 4. The van der Waals surface area contributed by atoms with Crippen LogP contribution in [0.5, 0.6) is 0 Å². The molecule has 5 aliphatic heterocycles. The normalized spacial score (nSPS) is 44.7. The molecule has 0 aliphatic carbocycles. The van der Waals surface area contributed by atoms with E-state index < -0.39 is 0 Å². The maximum Gasteiger partial charge on any atom is 0.0793 e. The van der Waals surface area contributed by atoms with Gasteiger partial charge in [-0.25, -0.2) is 0 Å². The summed E-state index contributed by atoms with van der Waals surface area (Å²) in [6, 6.07) is 0.685. The van der Waals surface area contributed by atoms with Gasteiger partial charge in [-0.15, -0.1) is 0 Å². The van der Waals surface area contributed by atoms with E-state index in [0.29, 0.717) is 23.1 Å². The molecule has 0 radical (unpaired) electrons. The summed E-state index contributed by atoms with van der Waals surface area (Å²) in [6.45, 7) is 11.2. The maximum atomic E-state index is 6.13. The topological polar surface area (TPSA) is 31.4 Å². The highest BCUT2D eigenvalue weighted by Gasteiger charge is 2.57. The van der Waals surface area contributed by atoms with Crippen LogP contribution in [0.2, 0.25) is 0 Å². The Bertz CT molecular complexity index is 542. The molecular weight excluding hydrogens is 328 g/mol. The fraction of sp³-hybridized carbons (Fsp3) is 1.00. The Balaban J connectivity index is 1.28. The van der Waals surface area contributed by atoms with Crippen molar-refractivity contribution < 1.29 is 9.47 Å². The van der Waals surface area contributed by atoms with E-state index >= 15 is 0 Å². The van der Waals surface area contributed by atoms with Gasteiger partial charge in [0.25, 0.3) is 0 Å². The molecule has 0 bridgehead atoms. The molecule has 0 N–H and O–H groups in total. The van der Waals surface area contributed by atoms with Crippen molar-refractivity contribution in [2.75, 3.05) is 86.8 Å². The predicted octanol–water partition coefficient (Wildman–Crippen LogP) is 0.0438. The van der Waals surface area contributed by atoms with E-state index in [1.54, 1.807) is 0 Å². The van der Waals surface area contributed by atoms with Gasteiger partial charge in [0.2, 0.25) is 0 Å². The number of likely N-dealkylation sites (tertiary alicyclic amines) is 2. The first-order chi connectivity index (χ1) is 12.5. The molecule has 5 rings (SSSR count). The van der Waals surface area contributed by atoms with E-state index in [1.807, 2.05) is 0 Å². The van der Waals surface area contributed by atoms with E-state index in [4.69, 9.17) is 9.47 Å². The van der Waals surface area contributed by atoms with Crippen LogP contribution in [0.3, 0.4) is 0 Å². The third kappa shape index (κ3) is 2.76. The van der Waals surface area contributed by atoms with E-state index in [0.717, 1.165) is 32.3 Å². The van der Waals surface area contributed by atoms with Gasteiger partial charge < -0.3 is 24.2 Å². The lowest BCUT2D eigenvalue weighted by atomic mass is 9.76. The van der Waals surface area contributed by atoms with E-state index in [-0.39, 0.29) is 0 Å². The second-order valence-corrected chi connectivity index (χ2v) is 10.0. The van der Waals surface area contributed by atoms with Crippen molar-refractivity contribution in [1.82, 2.24) is 19.6 Å². The molecule has 0 saturated carbocycles. The molecule has 0 aromatic heterocycles. The summed E-state index contributed by atoms with van der Waals surface area (Å²) in [5, 5.41) is 0. The Morgan fingerprint density at radius 2 is 1.81 bits per heavy atom. The predicted molar refractivity (Wildman–Crippen MR) is 101 cm³/mol. The zero-order chi connectivity index (χ0) is 17.9. The number of hydrogen-bond donors (Lipinski definition) is 0. The molecule has 5 aliphatic rings. The number of hydrogen-bond acceptors (Lipinski definition) is 6. The lowest BCUT2D eigenvalue weighted by molar-refractivity contribution is -0.206. The van der Waals surface area contributed by atoms with Gasteiger partial charge in [0.15, 0.2) is 0 Å². The van der Waals surface area contributed by atoms with Gasteiger partial charge in [-0.1, -0.05) is 0 Å². The zero-order valence-electron chi connectivity index (χ0n) is 16.8. The second-order valence-electron chi connectivity index (χ2n) is 10.0. The quantitative estimate of drug-likeness (QED) is 0.703. The van der Waals surface area contributed by atoms with Crippen molar-refractivity contribution in [3.05, 3.63) is 0 Å². The second kappa shape index (κ2) is 6.39. The summed E-state index contributed by atoms with van der Waals surface area (Å²) in [6.07, 6.45) is 3.04. The summed E-state index contributed by atoms with van der Waals surface area (Å²) in [4.78, 5) is 10.4. The van der Waals surface area contributed by atoms with Gasteiger partial charge in [0, 0.05) is 50.7 Å². The van der Waals surface area contributed by atoms with Crippen LogP contribution in [0.15, 0.2) is 0 Å². The minimum atomic E-state index is 0.298. The number of piperazine rings is 1. The zero-order valence-corrected chi connectivity index (χ0v) is 16.8. The average Bonchev–Trinajstić information content (AvgIpc) is 3.16. The molecule has 148 valence electrons. The Labute approximate surface area is 158 Å². The lowest BCUT2D eigenvalue weighted by Gasteiger charge is -2.52. The van der Waals surface area contributed by atoms with Crippen molar-refractivity contribution in [1.29, 1.82) is 0 Å². The van der Waals surface area contributed by atoms with Gasteiger partial charge in [-0.2, -0.15) is 0 Å². The minimum absolute atomic E-state index is 0.298. The minimum Gasteiger partial charge on any atom is -0.377 e. The van der Waals surface area contributed by atoms with E-state index in [2.05, 4.69) is 40.7 Å². The van der Waals surface area contributed by atoms with Crippen LogP contribution >= 0.6 is 0 Å². The Morgan fingerprint density at radius 1 is 0.962 bits per heavy atom. The lowest BCUT2D eigenvalue weighted by Crippen LogP contribution is -2.64. The van der Waals surface area contributed by atoms with Crippen molar-refractivity contribution in [3.63, 3.8) is 0 Å². The van der Waals surface area contributed by atoms with Crippen LogP contribution in [0.25, 0.3) is 0 Å². The molecule has 0 aromatic carbocycles. The van der Waals surface area contributed by atoms with Crippen molar-refractivity contribution >= 4 is 0 Å². The highest BCUT2D eigenvalue weighted by atomic mass is 16.5. The van der Waals surface area contributed by atoms with Gasteiger partial charge in [0.05, 0.1) is 31.5 Å².